The normalized spacial score (nSPS) is 11.7. The molecule has 0 saturated heterocycles. The second-order valence-electron chi connectivity index (χ2n) is 4.24. The lowest BCUT2D eigenvalue weighted by atomic mass is 10.3. The minimum atomic E-state index is -1.02. The number of nitrogens with zero attached hydrogens (tertiary/aromatic N) is 1. The molecule has 0 radical (unpaired) electrons. The third kappa shape index (κ3) is 3.92. The lowest BCUT2D eigenvalue weighted by Crippen LogP contribution is -2.35. The topological polar surface area (TPSA) is 112 Å². The molecule has 0 spiro atoms. The Morgan fingerprint density at radius 2 is 2.23 bits per heavy atom. The van der Waals surface area contributed by atoms with Gasteiger partial charge in [0.2, 0.25) is 0 Å². The first-order valence-corrected chi connectivity index (χ1v) is 7.04. The highest BCUT2D eigenvalue weighted by atomic mass is 32.1. The Bertz CT molecular complexity index is 679. The molecule has 0 unspecified atom stereocenters. The second kappa shape index (κ2) is 6.85. The Hall–Kier alpha value is -2.68. The van der Waals surface area contributed by atoms with Crippen molar-refractivity contribution in [2.45, 2.75) is 19.6 Å². The predicted molar refractivity (Wildman–Crippen MR) is 76.4 cm³/mol. The van der Waals surface area contributed by atoms with Gasteiger partial charge in [-0.25, -0.2) is 4.79 Å². The van der Waals surface area contributed by atoms with Crippen LogP contribution in [-0.4, -0.2) is 22.9 Å². The molecule has 0 fully saturated rings. The van der Waals surface area contributed by atoms with Gasteiger partial charge in [-0.1, -0.05) is 11.3 Å². The van der Waals surface area contributed by atoms with E-state index in [-0.39, 0.29) is 16.4 Å². The van der Waals surface area contributed by atoms with Crippen molar-refractivity contribution in [3.63, 3.8) is 0 Å². The van der Waals surface area contributed by atoms with E-state index in [1.165, 1.54) is 25.3 Å². The van der Waals surface area contributed by atoms with E-state index in [2.05, 4.69) is 5.32 Å². The average Bonchev–Trinajstić information content (AvgIpc) is 3.15. The van der Waals surface area contributed by atoms with Crippen molar-refractivity contribution in [3.8, 4) is 0 Å². The molecule has 22 heavy (non-hydrogen) atoms. The molecule has 1 N–H and O–H groups in total. The molecule has 0 aliphatic carbocycles. The van der Waals surface area contributed by atoms with E-state index in [0.717, 1.165) is 0 Å². The molecule has 2 aromatic rings. The Morgan fingerprint density at radius 1 is 1.45 bits per heavy atom. The van der Waals surface area contributed by atoms with Gasteiger partial charge in [0.1, 0.15) is 10.6 Å². The lowest BCUT2D eigenvalue weighted by molar-refractivity contribution is -0.380. The van der Waals surface area contributed by atoms with Gasteiger partial charge in [-0.05, 0) is 25.1 Å². The van der Waals surface area contributed by atoms with Crippen LogP contribution in [0.25, 0.3) is 0 Å². The molecule has 0 bridgehead atoms. The first kappa shape index (κ1) is 15.7. The van der Waals surface area contributed by atoms with E-state index in [4.69, 9.17) is 9.15 Å². The zero-order chi connectivity index (χ0) is 16.1. The summed E-state index contributed by atoms with van der Waals surface area (Å²) in [5.41, 5.74) is 0. The van der Waals surface area contributed by atoms with Crippen LogP contribution in [0.5, 0.6) is 0 Å². The second-order valence-corrected chi connectivity index (χ2v) is 5.30. The highest BCUT2D eigenvalue weighted by Gasteiger charge is 2.22. The summed E-state index contributed by atoms with van der Waals surface area (Å²) in [5.74, 6) is -0.699. The van der Waals surface area contributed by atoms with Crippen LogP contribution in [0.3, 0.4) is 0 Å². The van der Waals surface area contributed by atoms with Crippen molar-refractivity contribution in [1.29, 1.82) is 0 Å². The minimum Gasteiger partial charge on any atom is -0.467 e. The SMILES string of the molecule is C[C@@H](OC(=O)c1ccc([N+](=O)[O-])s1)C(=O)NCc1ccco1. The first-order valence-electron chi connectivity index (χ1n) is 6.22. The maximum Gasteiger partial charge on any atom is 0.349 e. The van der Waals surface area contributed by atoms with Crippen molar-refractivity contribution in [2.24, 2.45) is 0 Å². The molecule has 8 nitrogen and oxygen atoms in total. The summed E-state index contributed by atoms with van der Waals surface area (Å²) < 4.78 is 10.0. The summed E-state index contributed by atoms with van der Waals surface area (Å²) in [6, 6.07) is 5.89. The summed E-state index contributed by atoms with van der Waals surface area (Å²) in [4.78, 5) is 33.6. The van der Waals surface area contributed by atoms with E-state index >= 15 is 0 Å². The first-order chi connectivity index (χ1) is 10.5. The smallest absolute Gasteiger partial charge is 0.349 e. The van der Waals surface area contributed by atoms with Gasteiger partial charge in [-0.3, -0.25) is 14.9 Å². The van der Waals surface area contributed by atoms with Crippen LogP contribution in [0.4, 0.5) is 5.00 Å². The van der Waals surface area contributed by atoms with Gasteiger partial charge in [-0.15, -0.1) is 0 Å². The van der Waals surface area contributed by atoms with Crippen LogP contribution in [0.1, 0.15) is 22.4 Å². The maximum absolute atomic E-state index is 11.8. The standard InChI is InChI=1S/C13H12N2O6S/c1-8(12(16)14-7-9-3-2-6-20-9)21-13(17)10-4-5-11(22-10)15(18)19/h2-6,8H,7H2,1H3,(H,14,16)/t8-/m1/s1. The van der Waals surface area contributed by atoms with Crippen molar-refractivity contribution in [1.82, 2.24) is 5.32 Å². The molecule has 0 aliphatic rings. The van der Waals surface area contributed by atoms with E-state index in [1.807, 2.05) is 0 Å². The van der Waals surface area contributed by atoms with Crippen LogP contribution in [0.2, 0.25) is 0 Å². The molecule has 9 heteroatoms. The third-order valence-electron chi connectivity index (χ3n) is 2.64. The molecule has 0 saturated carbocycles. The van der Waals surface area contributed by atoms with E-state index in [9.17, 15) is 19.7 Å². The Morgan fingerprint density at radius 3 is 2.82 bits per heavy atom. The highest BCUT2D eigenvalue weighted by Crippen LogP contribution is 2.24. The number of furan rings is 1. The fourth-order valence-electron chi connectivity index (χ4n) is 1.54. The van der Waals surface area contributed by atoms with Crippen molar-refractivity contribution in [3.05, 3.63) is 51.3 Å². The lowest BCUT2D eigenvalue weighted by Gasteiger charge is -2.12. The summed E-state index contributed by atoms with van der Waals surface area (Å²) in [6.07, 6.45) is 0.456. The summed E-state index contributed by atoms with van der Waals surface area (Å²) in [7, 11) is 0. The summed E-state index contributed by atoms with van der Waals surface area (Å²) >= 11 is 0.694. The summed E-state index contributed by atoms with van der Waals surface area (Å²) in [5, 5.41) is 12.9. The van der Waals surface area contributed by atoms with Crippen molar-refractivity contribution < 1.29 is 23.7 Å². The number of hydrogen-bond donors (Lipinski definition) is 1. The number of hydrogen-bond acceptors (Lipinski definition) is 7. The molecule has 116 valence electrons. The Labute approximate surface area is 128 Å². The van der Waals surface area contributed by atoms with Crippen LogP contribution in [0.15, 0.2) is 34.9 Å². The number of rotatable bonds is 6. The molecule has 2 heterocycles. The number of nitrogens with one attached hydrogen (secondary N) is 1. The largest absolute Gasteiger partial charge is 0.467 e. The molecule has 2 aromatic heterocycles. The van der Waals surface area contributed by atoms with Gasteiger partial charge < -0.3 is 14.5 Å². The van der Waals surface area contributed by atoms with Crippen LogP contribution >= 0.6 is 11.3 Å². The zero-order valence-electron chi connectivity index (χ0n) is 11.5. The molecular formula is C13H12N2O6S. The van der Waals surface area contributed by atoms with E-state index in [1.54, 1.807) is 12.1 Å². The molecular weight excluding hydrogens is 312 g/mol. The minimum absolute atomic E-state index is 0.0670. The zero-order valence-corrected chi connectivity index (χ0v) is 12.3. The molecule has 2 rings (SSSR count). The fourth-order valence-corrected chi connectivity index (χ4v) is 2.24. The van der Waals surface area contributed by atoms with Crippen LogP contribution in [-0.2, 0) is 16.1 Å². The van der Waals surface area contributed by atoms with Crippen LogP contribution < -0.4 is 5.32 Å². The van der Waals surface area contributed by atoms with Gasteiger partial charge in [-0.2, -0.15) is 0 Å². The number of carbonyl (C=O) groups is 2. The quantitative estimate of drug-likeness (QED) is 0.495. The van der Waals surface area contributed by atoms with Gasteiger partial charge >= 0.3 is 11.0 Å². The van der Waals surface area contributed by atoms with Gasteiger partial charge in [0.15, 0.2) is 6.10 Å². The molecule has 0 aromatic carbocycles. The molecule has 0 aliphatic heterocycles. The number of thiophene rings is 1. The van der Waals surface area contributed by atoms with Crippen molar-refractivity contribution in [2.75, 3.05) is 0 Å². The third-order valence-corrected chi connectivity index (χ3v) is 3.66. The number of esters is 1. The Balaban J connectivity index is 1.86. The highest BCUT2D eigenvalue weighted by molar-refractivity contribution is 7.17. The van der Waals surface area contributed by atoms with E-state index < -0.39 is 22.9 Å². The monoisotopic (exact) mass is 324 g/mol. The number of carbonyl (C=O) groups excluding carboxylic acids is 2. The summed E-state index contributed by atoms with van der Waals surface area (Å²) in [6.45, 7) is 1.59. The van der Waals surface area contributed by atoms with E-state index in [0.29, 0.717) is 17.1 Å². The number of amides is 1. The van der Waals surface area contributed by atoms with Gasteiger partial charge in [0.25, 0.3) is 5.91 Å². The maximum atomic E-state index is 11.8. The number of ether oxygens (including phenoxy) is 1. The van der Waals surface area contributed by atoms with Gasteiger partial charge in [0, 0.05) is 6.07 Å². The number of nitro groups is 1. The van der Waals surface area contributed by atoms with Crippen LogP contribution in [0, 0.1) is 10.1 Å². The molecule has 1 amide bonds. The Kier molecular flexibility index (Phi) is 4.89. The molecule has 1 atom stereocenters. The fraction of sp³-hybridized carbons (Fsp3) is 0.231. The van der Waals surface area contributed by atoms with Gasteiger partial charge in [0.05, 0.1) is 17.7 Å². The predicted octanol–water partition coefficient (Wildman–Crippen LogP) is 2.11. The van der Waals surface area contributed by atoms with Crippen molar-refractivity contribution >= 4 is 28.2 Å². The average molecular weight is 324 g/mol.